The molecule has 6 heteroatoms. The molecule has 1 rings (SSSR count). The topological polar surface area (TPSA) is 79.3 Å². The number of carbonyl (C=O) groups excluding carboxylic acids is 1. The molecule has 1 aromatic heterocycles. The minimum absolute atomic E-state index is 0.0123. The molecule has 0 saturated heterocycles. The first-order valence-corrected chi connectivity index (χ1v) is 5.52. The Kier molecular flexibility index (Phi) is 4.36. The minimum atomic E-state index is -1.03. The van der Waals surface area contributed by atoms with Crippen LogP contribution in [0.5, 0.6) is 0 Å². The van der Waals surface area contributed by atoms with Crippen molar-refractivity contribution in [3.05, 3.63) is 29.8 Å². The Balaban J connectivity index is 2.69. The maximum Gasteiger partial charge on any atom is 0.311 e. The standard InChI is InChI=1S/C12H15FN2O3/c1-3-12(2,11(17)18)7-15-10(16)8-4-5-14-9(13)6-8/h4-6H,3,7H2,1-2H3,(H,15,16)(H,17,18). The lowest BCUT2D eigenvalue weighted by molar-refractivity contribution is -0.147. The van der Waals surface area contributed by atoms with E-state index in [4.69, 9.17) is 5.11 Å². The maximum absolute atomic E-state index is 12.8. The molecule has 0 saturated carbocycles. The SMILES string of the molecule is CCC(C)(CNC(=O)c1ccnc(F)c1)C(=O)O. The summed E-state index contributed by atoms with van der Waals surface area (Å²) in [6.45, 7) is 3.26. The van der Waals surface area contributed by atoms with E-state index in [-0.39, 0.29) is 12.1 Å². The van der Waals surface area contributed by atoms with Gasteiger partial charge in [-0.2, -0.15) is 4.39 Å². The van der Waals surface area contributed by atoms with E-state index in [0.29, 0.717) is 6.42 Å². The van der Waals surface area contributed by atoms with Crippen LogP contribution in [0.4, 0.5) is 4.39 Å². The molecule has 1 amide bonds. The van der Waals surface area contributed by atoms with Crippen LogP contribution < -0.4 is 5.32 Å². The van der Waals surface area contributed by atoms with Gasteiger partial charge >= 0.3 is 5.97 Å². The Hall–Kier alpha value is -1.98. The highest BCUT2D eigenvalue weighted by Crippen LogP contribution is 2.20. The van der Waals surface area contributed by atoms with Crippen molar-refractivity contribution in [1.29, 1.82) is 0 Å². The van der Waals surface area contributed by atoms with Crippen LogP contribution in [-0.2, 0) is 4.79 Å². The van der Waals surface area contributed by atoms with Crippen LogP contribution in [0.25, 0.3) is 0 Å². The van der Waals surface area contributed by atoms with E-state index in [1.54, 1.807) is 13.8 Å². The first-order chi connectivity index (χ1) is 8.39. The molecule has 18 heavy (non-hydrogen) atoms. The van der Waals surface area contributed by atoms with Gasteiger partial charge in [0.15, 0.2) is 0 Å². The van der Waals surface area contributed by atoms with E-state index in [2.05, 4.69) is 10.3 Å². The normalized spacial score (nSPS) is 13.7. The molecule has 0 aromatic carbocycles. The molecule has 0 aliphatic heterocycles. The minimum Gasteiger partial charge on any atom is -0.481 e. The van der Waals surface area contributed by atoms with E-state index < -0.39 is 23.2 Å². The summed E-state index contributed by atoms with van der Waals surface area (Å²) in [7, 11) is 0. The zero-order valence-electron chi connectivity index (χ0n) is 10.2. The molecule has 0 bridgehead atoms. The molecule has 1 atom stereocenters. The molecule has 98 valence electrons. The Morgan fingerprint density at radius 2 is 2.22 bits per heavy atom. The van der Waals surface area contributed by atoms with Gasteiger partial charge in [-0.1, -0.05) is 6.92 Å². The lowest BCUT2D eigenvalue weighted by Gasteiger charge is -2.23. The molecule has 2 N–H and O–H groups in total. The van der Waals surface area contributed by atoms with Crippen LogP contribution in [0.15, 0.2) is 18.3 Å². The fourth-order valence-electron chi connectivity index (χ4n) is 1.27. The molecule has 0 spiro atoms. The molecular formula is C12H15FN2O3. The second-order valence-electron chi connectivity index (χ2n) is 4.27. The van der Waals surface area contributed by atoms with Crippen LogP contribution in [-0.4, -0.2) is 28.5 Å². The number of nitrogens with zero attached hydrogens (tertiary/aromatic N) is 1. The lowest BCUT2D eigenvalue weighted by Crippen LogP contribution is -2.40. The number of rotatable bonds is 5. The van der Waals surface area contributed by atoms with Crippen molar-refractivity contribution in [3.8, 4) is 0 Å². The Bertz CT molecular complexity index is 464. The zero-order valence-corrected chi connectivity index (χ0v) is 10.2. The number of hydrogen-bond donors (Lipinski definition) is 2. The van der Waals surface area contributed by atoms with Gasteiger partial charge in [0.1, 0.15) is 0 Å². The summed E-state index contributed by atoms with van der Waals surface area (Å²) in [5, 5.41) is 11.5. The number of aliphatic carboxylic acids is 1. The number of nitrogens with one attached hydrogen (secondary N) is 1. The summed E-state index contributed by atoms with van der Waals surface area (Å²) in [6.07, 6.45) is 1.56. The molecule has 1 heterocycles. The van der Waals surface area contributed by atoms with E-state index in [1.807, 2.05) is 0 Å². The highest BCUT2D eigenvalue weighted by Gasteiger charge is 2.31. The van der Waals surface area contributed by atoms with E-state index >= 15 is 0 Å². The van der Waals surface area contributed by atoms with Crippen molar-refractivity contribution in [2.45, 2.75) is 20.3 Å². The largest absolute Gasteiger partial charge is 0.481 e. The highest BCUT2D eigenvalue weighted by molar-refractivity contribution is 5.94. The molecule has 1 aromatic rings. The van der Waals surface area contributed by atoms with Crippen molar-refractivity contribution in [3.63, 3.8) is 0 Å². The smallest absolute Gasteiger partial charge is 0.311 e. The van der Waals surface area contributed by atoms with Gasteiger partial charge in [-0.25, -0.2) is 4.98 Å². The number of aromatic nitrogens is 1. The second kappa shape index (κ2) is 5.57. The molecular weight excluding hydrogens is 239 g/mol. The molecule has 0 aliphatic rings. The fraction of sp³-hybridized carbons (Fsp3) is 0.417. The third-order valence-corrected chi connectivity index (χ3v) is 2.92. The number of carbonyl (C=O) groups is 2. The summed E-state index contributed by atoms with van der Waals surface area (Å²) in [6, 6.07) is 2.36. The third-order valence-electron chi connectivity index (χ3n) is 2.92. The van der Waals surface area contributed by atoms with Crippen molar-refractivity contribution < 1.29 is 19.1 Å². The molecule has 0 aliphatic carbocycles. The van der Waals surface area contributed by atoms with Gasteiger partial charge in [0.05, 0.1) is 5.41 Å². The number of amides is 1. The maximum atomic E-state index is 12.8. The van der Waals surface area contributed by atoms with Crippen LogP contribution in [0.3, 0.4) is 0 Å². The third kappa shape index (κ3) is 3.26. The lowest BCUT2D eigenvalue weighted by atomic mass is 9.87. The van der Waals surface area contributed by atoms with E-state index in [1.165, 1.54) is 12.3 Å². The van der Waals surface area contributed by atoms with Crippen molar-refractivity contribution in [2.75, 3.05) is 6.54 Å². The molecule has 5 nitrogen and oxygen atoms in total. The molecule has 0 fully saturated rings. The van der Waals surface area contributed by atoms with Gasteiger partial charge in [-0.3, -0.25) is 9.59 Å². The predicted molar refractivity (Wildman–Crippen MR) is 62.6 cm³/mol. The number of halogens is 1. The van der Waals surface area contributed by atoms with E-state index in [0.717, 1.165) is 6.07 Å². The van der Waals surface area contributed by atoms with Gasteiger partial charge in [0.25, 0.3) is 5.91 Å². The van der Waals surface area contributed by atoms with Gasteiger partial charge in [-0.05, 0) is 19.4 Å². The van der Waals surface area contributed by atoms with Crippen molar-refractivity contribution >= 4 is 11.9 Å². The number of carboxylic acid groups (broad SMARTS) is 1. The predicted octanol–water partition coefficient (Wildman–Crippen LogP) is 1.45. The van der Waals surface area contributed by atoms with E-state index in [9.17, 15) is 14.0 Å². The second-order valence-corrected chi connectivity index (χ2v) is 4.27. The van der Waals surface area contributed by atoms with Gasteiger partial charge in [0, 0.05) is 24.4 Å². The summed E-state index contributed by atoms with van der Waals surface area (Å²) >= 11 is 0. The highest BCUT2D eigenvalue weighted by atomic mass is 19.1. The monoisotopic (exact) mass is 254 g/mol. The average Bonchev–Trinajstić information content (AvgIpc) is 2.35. The van der Waals surface area contributed by atoms with Gasteiger partial charge in [0.2, 0.25) is 5.95 Å². The van der Waals surface area contributed by atoms with Crippen LogP contribution in [0.1, 0.15) is 30.6 Å². The first kappa shape index (κ1) is 14.1. The quantitative estimate of drug-likeness (QED) is 0.779. The summed E-state index contributed by atoms with van der Waals surface area (Å²) in [5.74, 6) is -2.25. The van der Waals surface area contributed by atoms with Crippen LogP contribution in [0.2, 0.25) is 0 Å². The van der Waals surface area contributed by atoms with Crippen molar-refractivity contribution in [1.82, 2.24) is 10.3 Å². The Morgan fingerprint density at radius 1 is 1.56 bits per heavy atom. The molecule has 1 unspecified atom stereocenters. The van der Waals surface area contributed by atoms with Crippen molar-refractivity contribution in [2.24, 2.45) is 5.41 Å². The summed E-state index contributed by atoms with van der Waals surface area (Å²) in [4.78, 5) is 26.1. The van der Waals surface area contributed by atoms with Crippen LogP contribution >= 0.6 is 0 Å². The summed E-state index contributed by atoms with van der Waals surface area (Å²) in [5.41, 5.74) is -0.910. The number of carboxylic acids is 1. The number of pyridine rings is 1. The van der Waals surface area contributed by atoms with Gasteiger partial charge in [-0.15, -0.1) is 0 Å². The Morgan fingerprint density at radius 3 is 2.72 bits per heavy atom. The number of hydrogen-bond acceptors (Lipinski definition) is 3. The first-order valence-electron chi connectivity index (χ1n) is 5.52. The average molecular weight is 254 g/mol. The van der Waals surface area contributed by atoms with Crippen LogP contribution in [0, 0.1) is 11.4 Å². The fourth-order valence-corrected chi connectivity index (χ4v) is 1.27. The van der Waals surface area contributed by atoms with Gasteiger partial charge < -0.3 is 10.4 Å². The molecule has 0 radical (unpaired) electrons. The summed E-state index contributed by atoms with van der Waals surface area (Å²) < 4.78 is 12.8. The Labute approximate surface area is 104 Å². The zero-order chi connectivity index (χ0) is 13.8.